The summed E-state index contributed by atoms with van der Waals surface area (Å²) < 4.78 is 90.1. The van der Waals surface area contributed by atoms with Crippen LogP contribution in [0.2, 0.25) is 0 Å². The minimum absolute atomic E-state index is 0.0988. The van der Waals surface area contributed by atoms with E-state index in [9.17, 15) is 37.1 Å². The molecule has 18 heteroatoms. The first-order valence-electron chi connectivity index (χ1n) is 38.4. The van der Waals surface area contributed by atoms with Gasteiger partial charge in [-0.15, -0.1) is 0 Å². The number of carbonyl (C=O) groups excluding carboxylic acids is 5. The predicted octanol–water partition coefficient (Wildman–Crippen LogP) is 20.2. The molecule has 3 fully saturated rings. The number of carbonyl (C=O) groups is 5. The van der Waals surface area contributed by atoms with E-state index in [0.29, 0.717) is 42.5 Å². The number of nitrogens with zero attached hydrogens (tertiary/aromatic N) is 1. The van der Waals surface area contributed by atoms with Gasteiger partial charge in [0.05, 0.1) is 25.2 Å². The largest absolute Gasteiger partial charge is 0.741 e. The average Bonchev–Trinajstić information content (AvgIpc) is 1.37. The highest BCUT2D eigenvalue weighted by atomic mass is 32.2. The number of esters is 5. The van der Waals surface area contributed by atoms with Gasteiger partial charge < -0.3 is 32.7 Å². The maximum Gasteiger partial charge on any atom is 0.485 e. The molecule has 3 saturated heterocycles. The van der Waals surface area contributed by atoms with E-state index in [1.807, 2.05) is 60.7 Å². The molecule has 3 heterocycles. The van der Waals surface area contributed by atoms with Crippen LogP contribution in [0.25, 0.3) is 0 Å². The van der Waals surface area contributed by atoms with Crippen molar-refractivity contribution in [1.82, 2.24) is 0 Å². The van der Waals surface area contributed by atoms with Crippen LogP contribution in [0, 0.1) is 0 Å². The summed E-state index contributed by atoms with van der Waals surface area (Å²) >= 11 is 0. The van der Waals surface area contributed by atoms with Crippen molar-refractivity contribution in [2.24, 2.45) is 0 Å². The summed E-state index contributed by atoms with van der Waals surface area (Å²) in [6.45, 7) is 6.84. The number of quaternary nitrogens is 1. The molecule has 0 aromatic heterocycles. The molecular formula is C78H126F3NO13S. The molecule has 3 aliphatic heterocycles. The number of halogens is 3. The number of hydrogen-bond donors (Lipinski definition) is 0. The third-order valence-electron chi connectivity index (χ3n) is 20.1. The third kappa shape index (κ3) is 34.0. The van der Waals surface area contributed by atoms with Gasteiger partial charge in [-0.1, -0.05) is 299 Å². The molecule has 3 aliphatic rings. The molecule has 5 rings (SSSR count). The minimum Gasteiger partial charge on any atom is -0.741 e. The molecule has 2 aromatic rings. The Morgan fingerprint density at radius 2 is 0.750 bits per heavy atom. The van der Waals surface area contributed by atoms with Crippen LogP contribution in [0.5, 0.6) is 0 Å². The second-order valence-corrected chi connectivity index (χ2v) is 29.4. The first-order chi connectivity index (χ1) is 46.4. The van der Waals surface area contributed by atoms with Crippen molar-refractivity contribution in [3.8, 4) is 0 Å². The molecular weight excluding hydrogens is 1250 g/mol. The minimum atomic E-state index is -6.09. The Morgan fingerprint density at radius 1 is 0.458 bits per heavy atom. The standard InChI is InChI=1S/C77H126NO10.CHF3O3S/c1-3-5-7-9-11-13-15-18-22-26-30-34-44-54-72(79)84-64-71(65-85-73(80)55-45-35-31-27-23-19-16-14-12-10-8-6-4-2)86-74(81)56-46-36-32-28-24-20-17-21-25-29-33-37-47-57-75(82)88-77(66-50-40-38-41-51-66,67-52-42-39-43-53-67)76(83)87-70-62-68-58-59-69(63-70)78(68)60-48-49-61-78;2-1(3,4)8(5,6)7/h38-43,50-53,68-71H,3-37,44-49,54-65H2,1-2H3;(H,5,6,7)/q+1;/p-1. The predicted molar refractivity (Wildman–Crippen MR) is 372 cm³/mol. The third-order valence-corrected chi connectivity index (χ3v) is 20.7. The van der Waals surface area contributed by atoms with Crippen molar-refractivity contribution in [1.29, 1.82) is 0 Å². The van der Waals surface area contributed by atoms with Crippen molar-refractivity contribution in [2.45, 2.75) is 364 Å². The van der Waals surface area contributed by atoms with Crippen molar-refractivity contribution < 1.29 is 78.3 Å². The lowest BCUT2D eigenvalue weighted by molar-refractivity contribution is -0.956. The van der Waals surface area contributed by atoms with Crippen LogP contribution < -0.4 is 0 Å². The fraction of sp³-hybridized carbons (Fsp3) is 0.782. The van der Waals surface area contributed by atoms with E-state index in [-0.39, 0.29) is 56.0 Å². The Bertz CT molecular complexity index is 2390. The number of rotatable bonds is 54. The zero-order chi connectivity index (χ0) is 69.4. The van der Waals surface area contributed by atoms with Crippen LogP contribution in [0.3, 0.4) is 0 Å². The summed E-state index contributed by atoms with van der Waals surface area (Å²) in [5.74, 6) is -1.79. The SMILES string of the molecule is CCCCCCCCCCCCCCCC(=O)OCC(COC(=O)CCCCCCCCCCCCCCC)OC(=O)CCCCCCCCCCCCCCCC(=O)OC(C(=O)OC1CC2CCC(C1)[N+]21CCCC1)(c1ccccc1)c1ccccc1.O=S(=O)([O-])C(F)(F)F. The highest BCUT2D eigenvalue weighted by Gasteiger charge is 2.57. The smallest absolute Gasteiger partial charge is 0.485 e. The lowest BCUT2D eigenvalue weighted by Crippen LogP contribution is -2.60. The van der Waals surface area contributed by atoms with E-state index in [0.717, 1.165) is 96.3 Å². The number of ether oxygens (including phenoxy) is 5. The van der Waals surface area contributed by atoms with E-state index >= 15 is 0 Å². The molecule has 0 saturated carbocycles. The van der Waals surface area contributed by atoms with Gasteiger partial charge in [0.1, 0.15) is 19.3 Å². The van der Waals surface area contributed by atoms with Gasteiger partial charge in [-0.2, -0.15) is 13.2 Å². The number of alkyl halides is 3. The fourth-order valence-corrected chi connectivity index (χ4v) is 14.6. The molecule has 0 aliphatic carbocycles. The summed E-state index contributed by atoms with van der Waals surface area (Å²) in [5.41, 5.74) is -6.09. The number of unbranched alkanes of at least 4 members (excludes halogenated alkanes) is 36. The zero-order valence-corrected chi connectivity index (χ0v) is 60.2. The molecule has 2 atom stereocenters. The summed E-state index contributed by atoms with van der Waals surface area (Å²) in [6, 6.07) is 20.0. The molecule has 548 valence electrons. The molecule has 2 unspecified atom stereocenters. The molecule has 2 bridgehead atoms. The van der Waals surface area contributed by atoms with Gasteiger partial charge in [0.2, 0.25) is 0 Å². The lowest BCUT2D eigenvalue weighted by atomic mass is 9.85. The summed E-state index contributed by atoms with van der Waals surface area (Å²) in [6.07, 6.45) is 52.9. The topological polar surface area (TPSA) is 189 Å². The van der Waals surface area contributed by atoms with E-state index in [4.69, 9.17) is 36.7 Å². The number of piperidine rings is 1. The quantitative estimate of drug-likeness (QED) is 0.0152. The molecule has 96 heavy (non-hydrogen) atoms. The number of hydrogen-bond acceptors (Lipinski definition) is 13. The van der Waals surface area contributed by atoms with E-state index in [1.54, 1.807) is 0 Å². The number of benzene rings is 2. The lowest BCUT2D eigenvalue weighted by Gasteiger charge is -2.47. The maximum absolute atomic E-state index is 14.7. The van der Waals surface area contributed by atoms with Crippen LogP contribution >= 0.6 is 0 Å². The van der Waals surface area contributed by atoms with Gasteiger partial charge in [-0.25, -0.2) is 13.2 Å². The van der Waals surface area contributed by atoms with Gasteiger partial charge in [-0.05, 0) is 25.7 Å². The van der Waals surface area contributed by atoms with E-state index in [2.05, 4.69) is 13.8 Å². The van der Waals surface area contributed by atoms with Crippen LogP contribution in [0.4, 0.5) is 13.2 Å². The monoisotopic (exact) mass is 1370 g/mol. The Balaban J connectivity index is 0.00000229. The summed E-state index contributed by atoms with van der Waals surface area (Å²) in [4.78, 5) is 67.1. The van der Waals surface area contributed by atoms with Gasteiger partial charge in [0.15, 0.2) is 16.2 Å². The Kier molecular flexibility index (Phi) is 43.6. The highest BCUT2D eigenvalue weighted by Crippen LogP contribution is 2.47. The normalized spacial score (nSPS) is 16.7. The molecule has 0 amide bonds. The summed E-state index contributed by atoms with van der Waals surface area (Å²) in [5, 5.41) is 0. The maximum atomic E-state index is 14.7. The first-order valence-corrected chi connectivity index (χ1v) is 39.8. The van der Waals surface area contributed by atoms with Gasteiger partial charge >= 0.3 is 35.4 Å². The first kappa shape index (κ1) is 83.9. The molecule has 2 aromatic carbocycles. The second-order valence-electron chi connectivity index (χ2n) is 28.0. The van der Waals surface area contributed by atoms with Gasteiger partial charge in [0.25, 0.3) is 5.60 Å². The van der Waals surface area contributed by atoms with Crippen LogP contribution in [0.15, 0.2) is 60.7 Å². The summed E-state index contributed by atoms with van der Waals surface area (Å²) in [7, 11) is -6.09. The van der Waals surface area contributed by atoms with Crippen LogP contribution in [-0.4, -0.2) is 103 Å². The second kappa shape index (κ2) is 49.9. The Labute approximate surface area is 577 Å². The zero-order valence-electron chi connectivity index (χ0n) is 59.4. The fourth-order valence-electron chi connectivity index (χ4n) is 14.6. The van der Waals surface area contributed by atoms with E-state index < -0.39 is 33.3 Å². The highest BCUT2D eigenvalue weighted by molar-refractivity contribution is 7.86. The van der Waals surface area contributed by atoms with E-state index in [1.165, 1.54) is 204 Å². The molecule has 1 spiro atoms. The molecule has 14 nitrogen and oxygen atoms in total. The van der Waals surface area contributed by atoms with Gasteiger partial charge in [0, 0.05) is 75.3 Å². The van der Waals surface area contributed by atoms with Gasteiger partial charge in [-0.3, -0.25) is 19.2 Å². The van der Waals surface area contributed by atoms with Crippen LogP contribution in [0.1, 0.15) is 340 Å². The van der Waals surface area contributed by atoms with Crippen molar-refractivity contribution in [3.63, 3.8) is 0 Å². The van der Waals surface area contributed by atoms with Crippen LogP contribution in [-0.2, 0) is 63.4 Å². The average molecular weight is 1370 g/mol. The molecule has 0 radical (unpaired) electrons. The Morgan fingerprint density at radius 3 is 1.06 bits per heavy atom. The Hall–Kier alpha value is -4.55. The van der Waals surface area contributed by atoms with Crippen molar-refractivity contribution in [3.05, 3.63) is 71.8 Å². The molecule has 0 N–H and O–H groups in total. The van der Waals surface area contributed by atoms with Crippen molar-refractivity contribution in [2.75, 3.05) is 26.3 Å². The van der Waals surface area contributed by atoms with Crippen molar-refractivity contribution >= 4 is 40.0 Å².